The molecule has 0 aliphatic rings. The number of rotatable bonds is 11. The van der Waals surface area contributed by atoms with Crippen molar-refractivity contribution < 1.29 is 14.2 Å². The van der Waals surface area contributed by atoms with E-state index in [9.17, 15) is 0 Å². The lowest BCUT2D eigenvalue weighted by Crippen LogP contribution is -2.14. The fourth-order valence-corrected chi connectivity index (χ4v) is 2.56. The fourth-order valence-electron chi connectivity index (χ4n) is 2.10. The summed E-state index contributed by atoms with van der Waals surface area (Å²) >= 11 is 6.05. The van der Waals surface area contributed by atoms with Gasteiger partial charge in [-0.2, -0.15) is 0 Å². The average molecular weight is 330 g/mol. The van der Waals surface area contributed by atoms with E-state index in [2.05, 4.69) is 18.8 Å². The third-order valence-electron chi connectivity index (χ3n) is 3.60. The van der Waals surface area contributed by atoms with Crippen molar-refractivity contribution in [2.75, 3.05) is 32.8 Å². The predicted molar refractivity (Wildman–Crippen MR) is 90.1 cm³/mol. The summed E-state index contributed by atoms with van der Waals surface area (Å²) in [6, 6.07) is 2.01. The number of aromatic nitrogens is 1. The molecule has 0 spiro atoms. The molecule has 0 bridgehead atoms. The van der Waals surface area contributed by atoms with Crippen LogP contribution in [0, 0.1) is 11.8 Å². The molecule has 0 N–H and O–H groups in total. The largest absolute Gasteiger partial charge is 0.488 e. The van der Waals surface area contributed by atoms with Gasteiger partial charge in [0.15, 0.2) is 5.75 Å². The van der Waals surface area contributed by atoms with E-state index in [1.165, 1.54) is 0 Å². The highest BCUT2D eigenvalue weighted by molar-refractivity contribution is 6.18. The van der Waals surface area contributed by atoms with Crippen LogP contribution in [-0.4, -0.2) is 37.8 Å². The Balaban J connectivity index is 2.67. The molecule has 0 aliphatic carbocycles. The Morgan fingerprint density at radius 1 is 1.27 bits per heavy atom. The quantitative estimate of drug-likeness (QED) is 0.455. The molecule has 0 radical (unpaired) electrons. The van der Waals surface area contributed by atoms with Crippen LogP contribution in [0.5, 0.6) is 11.6 Å². The van der Waals surface area contributed by atoms with E-state index in [1.807, 2.05) is 19.2 Å². The Bertz CT molecular complexity index is 426. The number of halogens is 1. The molecule has 0 aliphatic heterocycles. The van der Waals surface area contributed by atoms with Crippen molar-refractivity contribution in [3.05, 3.63) is 17.8 Å². The van der Waals surface area contributed by atoms with Gasteiger partial charge >= 0.3 is 0 Å². The lowest BCUT2D eigenvalue weighted by molar-refractivity contribution is 0.130. The molecule has 22 heavy (non-hydrogen) atoms. The van der Waals surface area contributed by atoms with Gasteiger partial charge in [0.25, 0.3) is 5.88 Å². The average Bonchev–Trinajstić information content (AvgIpc) is 2.52. The topological polar surface area (TPSA) is 40.6 Å². The van der Waals surface area contributed by atoms with Crippen LogP contribution in [0.3, 0.4) is 0 Å². The van der Waals surface area contributed by atoms with Crippen molar-refractivity contribution in [2.24, 2.45) is 11.8 Å². The van der Waals surface area contributed by atoms with Gasteiger partial charge in [-0.05, 0) is 36.8 Å². The second kappa shape index (κ2) is 10.7. The molecule has 0 saturated heterocycles. The molecule has 0 amide bonds. The standard InChI is InChI=1S/C17H28ClNO3/c1-5-21-7-6-8-22-16-10-14(12-19-17(16)20-4)9-15(11-18)13(2)3/h10,12-13,15H,5-9,11H2,1-4H3. The summed E-state index contributed by atoms with van der Waals surface area (Å²) in [5.41, 5.74) is 1.12. The van der Waals surface area contributed by atoms with Crippen molar-refractivity contribution >= 4 is 11.6 Å². The van der Waals surface area contributed by atoms with Gasteiger partial charge in [-0.3, -0.25) is 0 Å². The van der Waals surface area contributed by atoms with Gasteiger partial charge in [-0.15, -0.1) is 11.6 Å². The summed E-state index contributed by atoms with van der Waals surface area (Å²) in [6.45, 7) is 8.39. The highest BCUT2D eigenvalue weighted by atomic mass is 35.5. The number of hydrogen-bond donors (Lipinski definition) is 0. The minimum absolute atomic E-state index is 0.433. The summed E-state index contributed by atoms with van der Waals surface area (Å²) in [6.07, 6.45) is 3.58. The number of ether oxygens (including phenoxy) is 3. The van der Waals surface area contributed by atoms with Gasteiger partial charge in [0.2, 0.25) is 0 Å². The third kappa shape index (κ3) is 6.41. The van der Waals surface area contributed by atoms with Gasteiger partial charge < -0.3 is 14.2 Å². The molecule has 1 atom stereocenters. The molecule has 1 aromatic heterocycles. The Kier molecular flexibility index (Phi) is 9.25. The van der Waals surface area contributed by atoms with Crippen LogP contribution >= 0.6 is 11.6 Å². The maximum absolute atomic E-state index is 6.05. The van der Waals surface area contributed by atoms with E-state index < -0.39 is 0 Å². The third-order valence-corrected chi connectivity index (χ3v) is 4.00. The fraction of sp³-hybridized carbons (Fsp3) is 0.706. The zero-order valence-corrected chi connectivity index (χ0v) is 14.9. The van der Waals surface area contributed by atoms with Crippen LogP contribution in [0.4, 0.5) is 0 Å². The van der Waals surface area contributed by atoms with Crippen molar-refractivity contribution in [2.45, 2.75) is 33.6 Å². The first-order valence-electron chi connectivity index (χ1n) is 7.91. The number of pyridine rings is 1. The summed E-state index contributed by atoms with van der Waals surface area (Å²) in [5, 5.41) is 0. The zero-order valence-electron chi connectivity index (χ0n) is 14.1. The second-order valence-electron chi connectivity index (χ2n) is 5.61. The van der Waals surface area contributed by atoms with Crippen molar-refractivity contribution in [1.82, 2.24) is 4.98 Å². The summed E-state index contributed by atoms with van der Waals surface area (Å²) in [4.78, 5) is 4.34. The Hall–Kier alpha value is -1.00. The van der Waals surface area contributed by atoms with Crippen molar-refractivity contribution in [1.29, 1.82) is 0 Å². The summed E-state index contributed by atoms with van der Waals surface area (Å²) in [7, 11) is 1.60. The summed E-state index contributed by atoms with van der Waals surface area (Å²) in [5.74, 6) is 2.83. The van der Waals surface area contributed by atoms with E-state index in [0.29, 0.717) is 42.6 Å². The smallest absolute Gasteiger partial charge is 0.256 e. The predicted octanol–water partition coefficient (Wildman–Crippen LogP) is 3.95. The molecule has 0 fully saturated rings. The molecular formula is C17H28ClNO3. The Morgan fingerprint density at radius 3 is 2.64 bits per heavy atom. The minimum Gasteiger partial charge on any atom is -0.488 e. The highest BCUT2D eigenvalue weighted by Crippen LogP contribution is 2.27. The SMILES string of the molecule is CCOCCCOc1cc(CC(CCl)C(C)C)cnc1OC. The van der Waals surface area contributed by atoms with E-state index in [1.54, 1.807) is 7.11 Å². The molecule has 1 unspecified atom stereocenters. The van der Waals surface area contributed by atoms with Gasteiger partial charge in [0.05, 0.1) is 13.7 Å². The first kappa shape index (κ1) is 19.0. The van der Waals surface area contributed by atoms with Crippen LogP contribution in [0.15, 0.2) is 12.3 Å². The first-order valence-corrected chi connectivity index (χ1v) is 8.45. The van der Waals surface area contributed by atoms with Crippen molar-refractivity contribution in [3.63, 3.8) is 0 Å². The molecule has 1 rings (SSSR count). The molecule has 1 aromatic rings. The molecular weight excluding hydrogens is 302 g/mol. The lowest BCUT2D eigenvalue weighted by atomic mass is 9.91. The molecule has 5 heteroatoms. The molecule has 126 valence electrons. The van der Waals surface area contributed by atoms with Crippen molar-refractivity contribution in [3.8, 4) is 11.6 Å². The molecule has 1 heterocycles. The van der Waals surface area contributed by atoms with E-state index in [4.69, 9.17) is 25.8 Å². The number of nitrogens with zero attached hydrogens (tertiary/aromatic N) is 1. The van der Waals surface area contributed by atoms with Crippen LogP contribution in [0.2, 0.25) is 0 Å². The highest BCUT2D eigenvalue weighted by Gasteiger charge is 2.15. The van der Waals surface area contributed by atoms with Gasteiger partial charge in [0, 0.05) is 31.7 Å². The lowest BCUT2D eigenvalue weighted by Gasteiger charge is -2.18. The maximum Gasteiger partial charge on any atom is 0.256 e. The van der Waals surface area contributed by atoms with E-state index in [0.717, 1.165) is 25.0 Å². The van der Waals surface area contributed by atoms with E-state index >= 15 is 0 Å². The second-order valence-corrected chi connectivity index (χ2v) is 5.92. The maximum atomic E-state index is 6.05. The summed E-state index contributed by atoms with van der Waals surface area (Å²) < 4.78 is 16.4. The van der Waals surface area contributed by atoms with E-state index in [-0.39, 0.29) is 0 Å². The molecule has 0 saturated carbocycles. The monoisotopic (exact) mass is 329 g/mol. The first-order chi connectivity index (χ1) is 10.6. The van der Waals surface area contributed by atoms with Crippen LogP contribution < -0.4 is 9.47 Å². The normalized spacial score (nSPS) is 12.5. The Labute approximate surface area is 139 Å². The van der Waals surface area contributed by atoms with Crippen LogP contribution in [0.1, 0.15) is 32.8 Å². The Morgan fingerprint density at radius 2 is 2.05 bits per heavy atom. The zero-order chi connectivity index (χ0) is 16.4. The van der Waals surface area contributed by atoms with Crippen LogP contribution in [-0.2, 0) is 11.2 Å². The van der Waals surface area contributed by atoms with Gasteiger partial charge in [-0.25, -0.2) is 4.98 Å². The molecule has 0 aromatic carbocycles. The molecule has 4 nitrogen and oxygen atoms in total. The minimum atomic E-state index is 0.433. The van der Waals surface area contributed by atoms with Gasteiger partial charge in [0.1, 0.15) is 0 Å². The number of alkyl halides is 1. The van der Waals surface area contributed by atoms with Crippen LogP contribution in [0.25, 0.3) is 0 Å². The number of hydrogen-bond acceptors (Lipinski definition) is 4. The number of methoxy groups -OCH3 is 1. The van der Waals surface area contributed by atoms with Gasteiger partial charge in [-0.1, -0.05) is 13.8 Å².